The van der Waals surface area contributed by atoms with Gasteiger partial charge in [-0.3, -0.25) is 0 Å². The Labute approximate surface area is 59.8 Å². The summed E-state index contributed by atoms with van der Waals surface area (Å²) < 4.78 is 5.04. The first-order valence-corrected chi connectivity index (χ1v) is 2.97. The topological polar surface area (TPSA) is 84.0 Å². The van der Waals surface area contributed by atoms with E-state index in [1.807, 2.05) is 13.8 Å². The summed E-state index contributed by atoms with van der Waals surface area (Å²) in [4.78, 5) is 2.61. The molecule has 0 aliphatic carbocycles. The molecule has 0 aromatic rings. The Bertz CT molecular complexity index is 139. The van der Waals surface area contributed by atoms with E-state index < -0.39 is 5.60 Å². The highest BCUT2D eigenvalue weighted by Crippen LogP contribution is 2.07. The van der Waals surface area contributed by atoms with Crippen molar-refractivity contribution in [3.63, 3.8) is 0 Å². The molecule has 58 valence electrons. The molecule has 0 saturated carbocycles. The maximum absolute atomic E-state index is 7.97. The molecule has 0 heterocycles. The number of rotatable bonds is 4. The van der Waals surface area contributed by atoms with Crippen molar-refractivity contribution in [3.8, 4) is 0 Å². The van der Waals surface area contributed by atoms with E-state index in [0.29, 0.717) is 6.54 Å². The fourth-order valence-corrected chi connectivity index (χ4v) is 0.473. The van der Waals surface area contributed by atoms with Crippen molar-refractivity contribution in [2.24, 2.45) is 10.8 Å². The number of azide groups is 1. The fraction of sp³-hybridized carbons (Fsp3) is 1.00. The van der Waals surface area contributed by atoms with Crippen LogP contribution in [0.5, 0.6) is 0 Å². The van der Waals surface area contributed by atoms with E-state index >= 15 is 0 Å². The zero-order chi connectivity index (χ0) is 8.04. The van der Waals surface area contributed by atoms with Gasteiger partial charge in [-0.15, -0.1) is 0 Å². The molecule has 0 saturated heterocycles. The van der Waals surface area contributed by atoms with Crippen LogP contribution in [-0.4, -0.2) is 18.9 Å². The Hall–Kier alpha value is -0.770. The molecule has 0 radical (unpaired) electrons. The molecule has 10 heavy (non-hydrogen) atoms. The predicted molar refractivity (Wildman–Crippen MR) is 38.2 cm³/mol. The zero-order valence-corrected chi connectivity index (χ0v) is 6.24. The third-order valence-corrected chi connectivity index (χ3v) is 0.989. The van der Waals surface area contributed by atoms with Crippen LogP contribution in [0.1, 0.15) is 13.8 Å². The van der Waals surface area contributed by atoms with Crippen LogP contribution < -0.4 is 5.73 Å². The van der Waals surface area contributed by atoms with Gasteiger partial charge in [-0.1, -0.05) is 5.11 Å². The fourth-order valence-electron chi connectivity index (χ4n) is 0.473. The first-order valence-electron chi connectivity index (χ1n) is 2.97. The minimum absolute atomic E-state index is 0.147. The number of nitrogens with two attached hydrogens (primary N) is 1. The van der Waals surface area contributed by atoms with Gasteiger partial charge in [-0.2, -0.15) is 0 Å². The van der Waals surface area contributed by atoms with Crippen LogP contribution in [0.25, 0.3) is 10.4 Å². The summed E-state index contributed by atoms with van der Waals surface area (Å²) >= 11 is 0. The van der Waals surface area contributed by atoms with E-state index in [0.717, 1.165) is 0 Å². The molecule has 0 atom stereocenters. The molecule has 0 fully saturated rings. The number of nitrogens with zero attached hydrogens (tertiary/aromatic N) is 3. The van der Waals surface area contributed by atoms with E-state index in [1.54, 1.807) is 0 Å². The molecule has 0 amide bonds. The molecule has 0 bridgehead atoms. The molecule has 0 aliphatic heterocycles. The van der Waals surface area contributed by atoms with Crippen molar-refractivity contribution < 1.29 is 4.74 Å². The van der Waals surface area contributed by atoms with E-state index in [9.17, 15) is 0 Å². The lowest BCUT2D eigenvalue weighted by molar-refractivity contribution is -0.00647. The molecule has 5 heteroatoms. The maximum atomic E-state index is 7.97. The Morgan fingerprint density at radius 2 is 2.30 bits per heavy atom. The van der Waals surface area contributed by atoms with Crippen molar-refractivity contribution in [1.29, 1.82) is 0 Å². The van der Waals surface area contributed by atoms with Crippen molar-refractivity contribution in [2.75, 3.05) is 13.3 Å². The van der Waals surface area contributed by atoms with Gasteiger partial charge < -0.3 is 10.5 Å². The predicted octanol–water partition coefficient (Wildman–Crippen LogP) is 1.01. The van der Waals surface area contributed by atoms with E-state index in [4.69, 9.17) is 16.0 Å². The van der Waals surface area contributed by atoms with Crippen LogP contribution in [0.3, 0.4) is 0 Å². The Morgan fingerprint density at radius 1 is 1.70 bits per heavy atom. The SMILES string of the molecule is CC(C)(CN=[N+]=[N-])OCN. The second-order valence-corrected chi connectivity index (χ2v) is 2.46. The van der Waals surface area contributed by atoms with Crippen molar-refractivity contribution in [1.82, 2.24) is 0 Å². The van der Waals surface area contributed by atoms with Gasteiger partial charge in [0.15, 0.2) is 0 Å². The lowest BCUT2D eigenvalue weighted by atomic mass is 10.1. The first kappa shape index (κ1) is 9.23. The molecule has 0 rings (SSSR count). The second kappa shape index (κ2) is 4.11. The monoisotopic (exact) mass is 144 g/mol. The minimum Gasteiger partial charge on any atom is -0.361 e. The lowest BCUT2D eigenvalue weighted by Gasteiger charge is -2.21. The van der Waals surface area contributed by atoms with Crippen LogP contribution in [0.4, 0.5) is 0 Å². The molecule has 0 aliphatic rings. The highest BCUT2D eigenvalue weighted by Gasteiger charge is 2.15. The third-order valence-electron chi connectivity index (χ3n) is 0.989. The molecule has 0 aromatic carbocycles. The second-order valence-electron chi connectivity index (χ2n) is 2.46. The van der Waals surface area contributed by atoms with Crippen LogP contribution in [0.2, 0.25) is 0 Å². The van der Waals surface area contributed by atoms with Gasteiger partial charge in [-0.25, -0.2) is 0 Å². The van der Waals surface area contributed by atoms with Crippen molar-refractivity contribution in [2.45, 2.75) is 19.4 Å². The van der Waals surface area contributed by atoms with E-state index in [-0.39, 0.29) is 6.73 Å². The summed E-state index contributed by atoms with van der Waals surface area (Å²) in [5.41, 5.74) is 12.7. The van der Waals surface area contributed by atoms with Crippen molar-refractivity contribution in [3.05, 3.63) is 10.4 Å². The smallest absolute Gasteiger partial charge is 0.0947 e. The van der Waals surface area contributed by atoms with Gasteiger partial charge in [0, 0.05) is 4.91 Å². The summed E-state index contributed by atoms with van der Waals surface area (Å²) in [7, 11) is 0. The number of hydrogen-bond acceptors (Lipinski definition) is 3. The van der Waals surface area contributed by atoms with Gasteiger partial charge in [-0.05, 0) is 19.4 Å². The zero-order valence-electron chi connectivity index (χ0n) is 6.24. The van der Waals surface area contributed by atoms with Crippen molar-refractivity contribution >= 4 is 0 Å². The molecule has 5 nitrogen and oxygen atoms in total. The highest BCUT2D eigenvalue weighted by atomic mass is 16.5. The summed E-state index contributed by atoms with van der Waals surface area (Å²) in [5.74, 6) is 0. The van der Waals surface area contributed by atoms with E-state index in [2.05, 4.69) is 10.0 Å². The average molecular weight is 144 g/mol. The molecule has 0 unspecified atom stereocenters. The van der Waals surface area contributed by atoms with Gasteiger partial charge >= 0.3 is 0 Å². The maximum Gasteiger partial charge on any atom is 0.0947 e. The molecular formula is C5H12N4O. The Kier molecular flexibility index (Phi) is 3.79. The van der Waals surface area contributed by atoms with Gasteiger partial charge in [0.1, 0.15) is 0 Å². The van der Waals surface area contributed by atoms with Gasteiger partial charge in [0.05, 0.1) is 18.9 Å². The number of hydrogen-bond donors (Lipinski definition) is 1. The van der Waals surface area contributed by atoms with Crippen LogP contribution in [0.15, 0.2) is 5.11 Å². The first-order chi connectivity index (χ1) is 4.62. The quantitative estimate of drug-likeness (QED) is 0.276. The highest BCUT2D eigenvalue weighted by molar-refractivity contribution is 4.71. The molecule has 0 aromatic heterocycles. The van der Waals surface area contributed by atoms with Gasteiger partial charge in [0.2, 0.25) is 0 Å². The standard InChI is InChI=1S/C5H12N4O/c1-5(2,10-4-6)3-8-9-7/h3-4,6H2,1-2H3. The Balaban J connectivity index is 3.73. The summed E-state index contributed by atoms with van der Waals surface area (Å²) in [6, 6.07) is 0. The van der Waals surface area contributed by atoms with Crippen LogP contribution >= 0.6 is 0 Å². The normalized spacial score (nSPS) is 10.7. The summed E-state index contributed by atoms with van der Waals surface area (Å²) in [6.45, 7) is 4.08. The minimum atomic E-state index is -0.443. The molecule has 2 N–H and O–H groups in total. The largest absolute Gasteiger partial charge is 0.361 e. The average Bonchev–Trinajstić information content (AvgIpc) is 1.84. The van der Waals surface area contributed by atoms with E-state index in [1.165, 1.54) is 0 Å². The summed E-state index contributed by atoms with van der Waals surface area (Å²) in [6.07, 6.45) is 0. The van der Waals surface area contributed by atoms with Crippen LogP contribution in [0, 0.1) is 0 Å². The number of ether oxygens (including phenoxy) is 1. The lowest BCUT2D eigenvalue weighted by Crippen LogP contribution is -2.30. The third kappa shape index (κ3) is 4.14. The Morgan fingerprint density at radius 3 is 2.70 bits per heavy atom. The molecular weight excluding hydrogens is 132 g/mol. The molecule has 0 spiro atoms. The van der Waals surface area contributed by atoms with Crippen LogP contribution in [-0.2, 0) is 4.74 Å². The van der Waals surface area contributed by atoms with Gasteiger partial charge in [0.25, 0.3) is 0 Å². The summed E-state index contributed by atoms with van der Waals surface area (Å²) in [5, 5.41) is 3.36.